The molecule has 5 aromatic rings. The fraction of sp³-hybridized carbons (Fsp3) is 0.212. The fourth-order valence-electron chi connectivity index (χ4n) is 4.60. The largest absolute Gasteiger partial charge is 0.310 e. The van der Waals surface area contributed by atoms with Gasteiger partial charge in [-0.15, -0.1) is 0 Å². The summed E-state index contributed by atoms with van der Waals surface area (Å²) < 4.78 is 1.50. The van der Waals surface area contributed by atoms with Crippen LogP contribution in [0.25, 0.3) is 17.1 Å². The Balaban J connectivity index is 1.17. The molecule has 8 nitrogen and oxygen atoms in total. The molecule has 0 saturated carbocycles. The van der Waals surface area contributed by atoms with E-state index in [9.17, 15) is 9.59 Å². The van der Waals surface area contributed by atoms with E-state index in [1.807, 2.05) is 18.2 Å². The molecule has 42 heavy (non-hydrogen) atoms. The lowest BCUT2D eigenvalue weighted by atomic mass is 10.1. The van der Waals surface area contributed by atoms with Crippen LogP contribution in [0.3, 0.4) is 0 Å². The number of aromatic nitrogens is 5. The Bertz CT molecular complexity index is 1780. The minimum absolute atomic E-state index is 0.178. The lowest BCUT2D eigenvalue weighted by Crippen LogP contribution is -2.26. The van der Waals surface area contributed by atoms with Gasteiger partial charge in [-0.05, 0) is 67.0 Å². The highest BCUT2D eigenvalue weighted by Gasteiger charge is 2.12. The molecule has 0 aliphatic heterocycles. The van der Waals surface area contributed by atoms with Gasteiger partial charge in [0.25, 0.3) is 5.56 Å². The Hall–Kier alpha value is -4.53. The molecule has 1 aromatic carbocycles. The number of halogens is 1. The fourth-order valence-corrected chi connectivity index (χ4v) is 4.71. The molecular weight excluding hydrogens is 548 g/mol. The van der Waals surface area contributed by atoms with E-state index in [0.717, 1.165) is 34.4 Å². The van der Waals surface area contributed by atoms with Gasteiger partial charge < -0.3 is 9.47 Å². The second kappa shape index (κ2) is 13.4. The molecule has 0 radical (unpaired) electrons. The number of carbonyl (C=O) groups is 1. The third-order valence-corrected chi connectivity index (χ3v) is 6.92. The molecule has 0 spiro atoms. The molecule has 0 aliphatic carbocycles. The number of rotatable bonds is 11. The second-order valence-corrected chi connectivity index (χ2v) is 10.8. The number of nitrogens with zero attached hydrogens (tertiary/aromatic N) is 6. The number of Topliss-reactive ketones (excluding diaryl/α,β-unsaturated/α-hetero) is 1. The highest BCUT2D eigenvalue weighted by molar-refractivity contribution is 6.29. The number of benzene rings is 1. The molecule has 4 aromatic heterocycles. The maximum Gasteiger partial charge on any atom is 0.261 e. The molecule has 0 unspecified atom stereocenters. The van der Waals surface area contributed by atoms with Gasteiger partial charge in [0.05, 0.1) is 12.1 Å². The van der Waals surface area contributed by atoms with Crippen molar-refractivity contribution in [3.05, 3.63) is 135 Å². The Morgan fingerprint density at radius 3 is 2.50 bits per heavy atom. The zero-order valence-corrected chi connectivity index (χ0v) is 24.3. The standard InChI is InChI=1S/C33H31ClN6O2/c1-39(2)21-24-11-9-23(10-12-24)17-31-36-20-27-16-25(18-37-32(27)38-31)6-3-4-8-29(41)28-7-5-15-40(33(28)42)22-26-13-14-30(34)35-19-26/h3,5-7,9-16,18-20H,4,8,17,21-22H2,1-2H3/b6-3+. The van der Waals surface area contributed by atoms with Crippen LogP contribution in [-0.2, 0) is 19.5 Å². The number of hydrogen-bond acceptors (Lipinski definition) is 7. The first-order valence-corrected chi connectivity index (χ1v) is 14.1. The Kier molecular flexibility index (Phi) is 9.26. The molecule has 9 heteroatoms. The zero-order chi connectivity index (χ0) is 29.5. The van der Waals surface area contributed by atoms with E-state index in [-0.39, 0.29) is 23.3 Å². The molecule has 0 amide bonds. The number of pyridine rings is 3. The van der Waals surface area contributed by atoms with Gasteiger partial charge in [0, 0.05) is 49.6 Å². The highest BCUT2D eigenvalue weighted by Crippen LogP contribution is 2.15. The lowest BCUT2D eigenvalue weighted by Gasteiger charge is -2.10. The Morgan fingerprint density at radius 2 is 1.74 bits per heavy atom. The Morgan fingerprint density at radius 1 is 0.952 bits per heavy atom. The van der Waals surface area contributed by atoms with Crippen molar-refractivity contribution in [1.29, 1.82) is 0 Å². The predicted octanol–water partition coefficient (Wildman–Crippen LogP) is 5.61. The Labute approximate surface area is 249 Å². The van der Waals surface area contributed by atoms with Crippen LogP contribution >= 0.6 is 11.6 Å². The molecule has 0 atom stereocenters. The van der Waals surface area contributed by atoms with Crippen LogP contribution in [0.5, 0.6) is 0 Å². The first-order chi connectivity index (χ1) is 20.3. The van der Waals surface area contributed by atoms with Crippen molar-refractivity contribution in [3.63, 3.8) is 0 Å². The molecule has 0 bridgehead atoms. The van der Waals surface area contributed by atoms with Crippen LogP contribution in [0.15, 0.2) is 90.3 Å². The summed E-state index contributed by atoms with van der Waals surface area (Å²) in [6.45, 7) is 1.22. The van der Waals surface area contributed by atoms with E-state index >= 15 is 0 Å². The van der Waals surface area contributed by atoms with Gasteiger partial charge in [0.15, 0.2) is 11.4 Å². The van der Waals surface area contributed by atoms with Gasteiger partial charge in [0.2, 0.25) is 0 Å². The van der Waals surface area contributed by atoms with E-state index < -0.39 is 0 Å². The van der Waals surface area contributed by atoms with Crippen molar-refractivity contribution in [2.45, 2.75) is 32.4 Å². The van der Waals surface area contributed by atoms with Crippen LogP contribution in [0.1, 0.15) is 51.3 Å². The normalized spacial score (nSPS) is 11.5. The van der Waals surface area contributed by atoms with E-state index in [4.69, 9.17) is 11.6 Å². The van der Waals surface area contributed by atoms with Crippen molar-refractivity contribution < 1.29 is 4.79 Å². The van der Waals surface area contributed by atoms with Crippen molar-refractivity contribution in [2.75, 3.05) is 14.1 Å². The van der Waals surface area contributed by atoms with Gasteiger partial charge in [0.1, 0.15) is 11.0 Å². The summed E-state index contributed by atoms with van der Waals surface area (Å²) in [5, 5.41) is 1.23. The van der Waals surface area contributed by atoms with Crippen LogP contribution in [-0.4, -0.2) is 49.3 Å². The maximum atomic E-state index is 12.9. The van der Waals surface area contributed by atoms with E-state index in [0.29, 0.717) is 30.2 Å². The second-order valence-electron chi connectivity index (χ2n) is 10.4. The monoisotopic (exact) mass is 578 g/mol. The van der Waals surface area contributed by atoms with Crippen LogP contribution in [0.4, 0.5) is 0 Å². The summed E-state index contributed by atoms with van der Waals surface area (Å²) in [4.78, 5) is 45.6. The number of fused-ring (bicyclic) bond motifs is 1. The van der Waals surface area contributed by atoms with Gasteiger partial charge in [-0.1, -0.05) is 54.1 Å². The summed E-state index contributed by atoms with van der Waals surface area (Å²) in [5.41, 5.74) is 4.64. The van der Waals surface area contributed by atoms with Crippen molar-refractivity contribution in [3.8, 4) is 0 Å². The first-order valence-electron chi connectivity index (χ1n) is 13.7. The molecule has 0 N–H and O–H groups in total. The molecule has 0 fully saturated rings. The van der Waals surface area contributed by atoms with E-state index in [2.05, 4.69) is 63.2 Å². The van der Waals surface area contributed by atoms with Crippen LogP contribution < -0.4 is 5.56 Å². The van der Waals surface area contributed by atoms with Gasteiger partial charge in [-0.2, -0.15) is 0 Å². The van der Waals surface area contributed by atoms with Gasteiger partial charge in [-0.25, -0.2) is 19.9 Å². The third-order valence-electron chi connectivity index (χ3n) is 6.70. The smallest absolute Gasteiger partial charge is 0.261 e. The van der Waals surface area contributed by atoms with Crippen molar-refractivity contribution >= 4 is 34.5 Å². The number of allylic oxidation sites excluding steroid dienone is 1. The van der Waals surface area contributed by atoms with Gasteiger partial charge >= 0.3 is 0 Å². The molecule has 212 valence electrons. The average molecular weight is 579 g/mol. The third kappa shape index (κ3) is 7.60. The van der Waals surface area contributed by atoms with Crippen LogP contribution in [0.2, 0.25) is 5.15 Å². The minimum atomic E-state index is -0.319. The summed E-state index contributed by atoms with van der Waals surface area (Å²) in [6.07, 6.45) is 12.0. The quantitative estimate of drug-likeness (QED) is 0.148. The number of hydrogen-bond donors (Lipinski definition) is 0. The molecule has 0 saturated heterocycles. The van der Waals surface area contributed by atoms with Gasteiger partial charge in [-0.3, -0.25) is 9.59 Å². The summed E-state index contributed by atoms with van der Waals surface area (Å²) in [5.74, 6) is 0.528. The SMILES string of the molecule is CN(C)Cc1ccc(Cc2ncc3cc(/C=C/CCC(=O)c4cccn(Cc5ccc(Cl)nc5)c4=O)cnc3n2)cc1. The van der Waals surface area contributed by atoms with E-state index in [1.54, 1.807) is 49.1 Å². The molecule has 0 aliphatic rings. The predicted molar refractivity (Wildman–Crippen MR) is 166 cm³/mol. The topological polar surface area (TPSA) is 93.9 Å². The lowest BCUT2D eigenvalue weighted by molar-refractivity contribution is 0.0981. The maximum absolute atomic E-state index is 12.9. The van der Waals surface area contributed by atoms with Crippen molar-refractivity contribution in [1.82, 2.24) is 29.4 Å². The first kappa shape index (κ1) is 29.0. The molecular formula is C33H31ClN6O2. The summed E-state index contributed by atoms with van der Waals surface area (Å²) >= 11 is 5.84. The highest BCUT2D eigenvalue weighted by atomic mass is 35.5. The molecule has 5 rings (SSSR count). The average Bonchev–Trinajstić information content (AvgIpc) is 2.98. The minimum Gasteiger partial charge on any atom is -0.310 e. The number of carbonyl (C=O) groups excluding carboxylic acids is 1. The van der Waals surface area contributed by atoms with Crippen LogP contribution in [0, 0.1) is 0 Å². The zero-order valence-electron chi connectivity index (χ0n) is 23.6. The van der Waals surface area contributed by atoms with Crippen molar-refractivity contribution in [2.24, 2.45) is 0 Å². The molecule has 4 heterocycles. The van der Waals surface area contributed by atoms with E-state index in [1.165, 1.54) is 10.1 Å². The summed E-state index contributed by atoms with van der Waals surface area (Å²) in [6, 6.07) is 17.2. The summed E-state index contributed by atoms with van der Waals surface area (Å²) in [7, 11) is 4.11. The number of ketones is 1.